The molecule has 1 aromatic carbocycles. The summed E-state index contributed by atoms with van der Waals surface area (Å²) < 4.78 is 10.4. The van der Waals surface area contributed by atoms with Crippen LogP contribution in [0.25, 0.3) is 0 Å². The Bertz CT molecular complexity index is 526. The molecular weight excluding hydrogens is 230 g/mol. The van der Waals surface area contributed by atoms with E-state index in [4.69, 9.17) is 15.2 Å². The number of hydrogen-bond donors (Lipinski definition) is 1. The zero-order chi connectivity index (χ0) is 13.0. The standard InChI is InChI=1S/C13H15N3O2/c1-17-11-4-3-9(5-12(11)18-2)6-13-15-7-10(14)8-16-13/h3-5,7-8H,6,14H2,1-2H3. The van der Waals surface area contributed by atoms with Crippen molar-refractivity contribution in [1.29, 1.82) is 0 Å². The normalized spacial score (nSPS) is 10.1. The summed E-state index contributed by atoms with van der Waals surface area (Å²) in [5, 5.41) is 0. The summed E-state index contributed by atoms with van der Waals surface area (Å²) in [6, 6.07) is 5.74. The summed E-state index contributed by atoms with van der Waals surface area (Å²) in [5.74, 6) is 2.13. The molecule has 0 aliphatic carbocycles. The molecule has 94 valence electrons. The Morgan fingerprint density at radius 1 is 1.06 bits per heavy atom. The van der Waals surface area contributed by atoms with E-state index in [1.807, 2.05) is 18.2 Å². The lowest BCUT2D eigenvalue weighted by atomic mass is 10.1. The molecule has 0 aliphatic rings. The highest BCUT2D eigenvalue weighted by Crippen LogP contribution is 2.28. The maximum Gasteiger partial charge on any atom is 0.161 e. The summed E-state index contributed by atoms with van der Waals surface area (Å²) >= 11 is 0. The van der Waals surface area contributed by atoms with E-state index in [2.05, 4.69) is 9.97 Å². The van der Waals surface area contributed by atoms with Crippen molar-refractivity contribution in [3.05, 3.63) is 42.0 Å². The fourth-order valence-corrected chi connectivity index (χ4v) is 1.63. The van der Waals surface area contributed by atoms with Crippen molar-refractivity contribution in [2.45, 2.75) is 6.42 Å². The number of ether oxygens (including phenoxy) is 2. The molecule has 1 heterocycles. The van der Waals surface area contributed by atoms with Crippen LogP contribution in [0.2, 0.25) is 0 Å². The summed E-state index contributed by atoms with van der Waals surface area (Å²) in [6.45, 7) is 0. The van der Waals surface area contributed by atoms with E-state index in [9.17, 15) is 0 Å². The second-order valence-corrected chi connectivity index (χ2v) is 3.80. The van der Waals surface area contributed by atoms with Gasteiger partial charge in [-0.3, -0.25) is 0 Å². The van der Waals surface area contributed by atoms with Gasteiger partial charge in [-0.15, -0.1) is 0 Å². The average Bonchev–Trinajstić information content (AvgIpc) is 2.41. The van der Waals surface area contributed by atoms with Gasteiger partial charge in [0.05, 0.1) is 32.3 Å². The maximum atomic E-state index is 5.54. The molecule has 0 atom stereocenters. The molecule has 0 saturated heterocycles. The minimum Gasteiger partial charge on any atom is -0.493 e. The number of nitrogen functional groups attached to an aromatic ring is 1. The number of nitrogens with two attached hydrogens (primary N) is 1. The smallest absolute Gasteiger partial charge is 0.161 e. The monoisotopic (exact) mass is 245 g/mol. The van der Waals surface area contributed by atoms with Gasteiger partial charge in [0, 0.05) is 6.42 Å². The van der Waals surface area contributed by atoms with Crippen LogP contribution in [0, 0.1) is 0 Å². The van der Waals surface area contributed by atoms with Crippen LogP contribution in [0.5, 0.6) is 11.5 Å². The Morgan fingerprint density at radius 3 is 2.33 bits per heavy atom. The van der Waals surface area contributed by atoms with Gasteiger partial charge in [0.15, 0.2) is 11.5 Å². The highest BCUT2D eigenvalue weighted by atomic mass is 16.5. The summed E-state index contributed by atoms with van der Waals surface area (Å²) in [6.07, 6.45) is 3.83. The molecule has 1 aromatic heterocycles. The third-order valence-corrected chi connectivity index (χ3v) is 2.54. The van der Waals surface area contributed by atoms with Gasteiger partial charge in [-0.1, -0.05) is 6.07 Å². The number of hydrogen-bond acceptors (Lipinski definition) is 5. The lowest BCUT2D eigenvalue weighted by Gasteiger charge is -2.09. The second kappa shape index (κ2) is 5.35. The van der Waals surface area contributed by atoms with Crippen LogP contribution in [-0.4, -0.2) is 24.2 Å². The Kier molecular flexibility index (Phi) is 3.62. The lowest BCUT2D eigenvalue weighted by molar-refractivity contribution is 0.354. The average molecular weight is 245 g/mol. The van der Waals surface area contributed by atoms with Crippen LogP contribution in [0.4, 0.5) is 5.69 Å². The number of methoxy groups -OCH3 is 2. The van der Waals surface area contributed by atoms with E-state index in [1.165, 1.54) is 0 Å². The number of anilines is 1. The van der Waals surface area contributed by atoms with Gasteiger partial charge in [-0.05, 0) is 17.7 Å². The molecule has 0 spiro atoms. The molecule has 2 aromatic rings. The third-order valence-electron chi connectivity index (χ3n) is 2.54. The van der Waals surface area contributed by atoms with E-state index in [1.54, 1.807) is 26.6 Å². The highest BCUT2D eigenvalue weighted by molar-refractivity contribution is 5.43. The van der Waals surface area contributed by atoms with Crippen LogP contribution >= 0.6 is 0 Å². The summed E-state index contributed by atoms with van der Waals surface area (Å²) in [7, 11) is 3.22. The van der Waals surface area contributed by atoms with Gasteiger partial charge in [-0.2, -0.15) is 0 Å². The van der Waals surface area contributed by atoms with Gasteiger partial charge >= 0.3 is 0 Å². The first-order chi connectivity index (χ1) is 8.72. The van der Waals surface area contributed by atoms with Crippen LogP contribution in [0.1, 0.15) is 11.4 Å². The van der Waals surface area contributed by atoms with Crippen molar-refractivity contribution in [1.82, 2.24) is 9.97 Å². The lowest BCUT2D eigenvalue weighted by Crippen LogP contribution is -1.99. The van der Waals surface area contributed by atoms with Gasteiger partial charge in [0.2, 0.25) is 0 Å². The zero-order valence-corrected chi connectivity index (χ0v) is 10.4. The number of rotatable bonds is 4. The van der Waals surface area contributed by atoms with Crippen LogP contribution in [0.3, 0.4) is 0 Å². The molecule has 18 heavy (non-hydrogen) atoms. The molecule has 0 aliphatic heterocycles. The fraction of sp³-hybridized carbons (Fsp3) is 0.231. The van der Waals surface area contributed by atoms with Crippen molar-refractivity contribution in [2.24, 2.45) is 0 Å². The van der Waals surface area contributed by atoms with Crippen molar-refractivity contribution in [3.63, 3.8) is 0 Å². The quantitative estimate of drug-likeness (QED) is 0.887. The van der Waals surface area contributed by atoms with E-state index in [0.29, 0.717) is 23.6 Å². The van der Waals surface area contributed by atoms with Crippen molar-refractivity contribution in [3.8, 4) is 11.5 Å². The molecule has 0 bridgehead atoms. The maximum absolute atomic E-state index is 5.54. The van der Waals surface area contributed by atoms with E-state index in [0.717, 1.165) is 11.4 Å². The number of nitrogens with zero attached hydrogens (tertiary/aromatic N) is 2. The summed E-state index contributed by atoms with van der Waals surface area (Å²) in [5.41, 5.74) is 7.16. The van der Waals surface area contributed by atoms with Crippen LogP contribution < -0.4 is 15.2 Å². The van der Waals surface area contributed by atoms with Crippen molar-refractivity contribution < 1.29 is 9.47 Å². The fourth-order valence-electron chi connectivity index (χ4n) is 1.63. The van der Waals surface area contributed by atoms with Gasteiger partial charge in [0.25, 0.3) is 0 Å². The minimum atomic E-state index is 0.561. The molecule has 0 saturated carbocycles. The molecule has 5 heteroatoms. The Balaban J connectivity index is 2.21. The first kappa shape index (κ1) is 12.2. The van der Waals surface area contributed by atoms with Crippen LogP contribution in [-0.2, 0) is 6.42 Å². The first-order valence-corrected chi connectivity index (χ1v) is 5.50. The molecule has 2 N–H and O–H groups in total. The second-order valence-electron chi connectivity index (χ2n) is 3.80. The molecule has 0 fully saturated rings. The van der Waals surface area contributed by atoms with Gasteiger partial charge in [0.1, 0.15) is 5.82 Å². The van der Waals surface area contributed by atoms with Crippen molar-refractivity contribution in [2.75, 3.05) is 20.0 Å². The molecule has 0 amide bonds. The molecule has 2 rings (SSSR count). The molecule has 0 radical (unpaired) electrons. The summed E-state index contributed by atoms with van der Waals surface area (Å²) in [4.78, 5) is 8.33. The Labute approximate surface area is 106 Å². The SMILES string of the molecule is COc1ccc(Cc2ncc(N)cn2)cc1OC. The van der Waals surface area contributed by atoms with Crippen molar-refractivity contribution >= 4 is 5.69 Å². The minimum absolute atomic E-state index is 0.561. The Morgan fingerprint density at radius 2 is 1.72 bits per heavy atom. The molecule has 5 nitrogen and oxygen atoms in total. The zero-order valence-electron chi connectivity index (χ0n) is 10.4. The van der Waals surface area contributed by atoms with Gasteiger partial charge in [-0.25, -0.2) is 9.97 Å². The van der Waals surface area contributed by atoms with Gasteiger partial charge < -0.3 is 15.2 Å². The topological polar surface area (TPSA) is 70.3 Å². The predicted octanol–water partition coefficient (Wildman–Crippen LogP) is 1.67. The molecular formula is C13H15N3O2. The third kappa shape index (κ3) is 2.68. The van der Waals surface area contributed by atoms with E-state index in [-0.39, 0.29) is 0 Å². The highest BCUT2D eigenvalue weighted by Gasteiger charge is 2.06. The van der Waals surface area contributed by atoms with E-state index >= 15 is 0 Å². The first-order valence-electron chi connectivity index (χ1n) is 5.50. The largest absolute Gasteiger partial charge is 0.493 e. The molecule has 0 unspecified atom stereocenters. The van der Waals surface area contributed by atoms with Crippen LogP contribution in [0.15, 0.2) is 30.6 Å². The van der Waals surface area contributed by atoms with E-state index < -0.39 is 0 Å². The predicted molar refractivity (Wildman–Crippen MR) is 68.8 cm³/mol. The number of benzene rings is 1. The number of aromatic nitrogens is 2. The Hall–Kier alpha value is -2.30.